The predicted molar refractivity (Wildman–Crippen MR) is 82.0 cm³/mol. The van der Waals surface area contributed by atoms with Crippen LogP contribution in [-0.2, 0) is 13.1 Å². The second kappa shape index (κ2) is 5.95. The first-order chi connectivity index (χ1) is 10.1. The summed E-state index contributed by atoms with van der Waals surface area (Å²) < 4.78 is 2.55. The van der Waals surface area contributed by atoms with Crippen molar-refractivity contribution in [3.8, 4) is 0 Å². The Labute approximate surface area is 130 Å². The van der Waals surface area contributed by atoms with E-state index in [1.807, 2.05) is 16.8 Å². The van der Waals surface area contributed by atoms with Gasteiger partial charge in [-0.1, -0.05) is 12.1 Å². The zero-order valence-electron chi connectivity index (χ0n) is 11.3. The second-order valence-corrected chi connectivity index (χ2v) is 5.93. The third kappa shape index (κ3) is 3.30. The van der Waals surface area contributed by atoms with Crippen LogP contribution in [0, 0.1) is 10.1 Å². The molecule has 1 aliphatic carbocycles. The highest BCUT2D eigenvalue weighted by Crippen LogP contribution is 2.29. The van der Waals surface area contributed by atoms with Crippen LogP contribution in [-0.4, -0.2) is 20.5 Å². The summed E-state index contributed by atoms with van der Waals surface area (Å²) in [6.45, 7) is 1.29. The summed E-state index contributed by atoms with van der Waals surface area (Å²) in [6, 6.07) is 5.71. The largest absolute Gasteiger partial charge is 0.329 e. The summed E-state index contributed by atoms with van der Waals surface area (Å²) in [5.74, 6) is 0.945. The fourth-order valence-corrected chi connectivity index (χ4v) is 2.72. The van der Waals surface area contributed by atoms with Crippen LogP contribution < -0.4 is 5.32 Å². The molecule has 0 amide bonds. The molecule has 1 aliphatic rings. The smallest absolute Gasteiger partial charge is 0.283 e. The van der Waals surface area contributed by atoms with Gasteiger partial charge < -0.3 is 9.88 Å². The zero-order valence-corrected chi connectivity index (χ0v) is 12.9. The lowest BCUT2D eigenvalue weighted by Gasteiger charge is -2.10. The van der Waals surface area contributed by atoms with Gasteiger partial charge in [0.25, 0.3) is 5.69 Å². The van der Waals surface area contributed by atoms with Crippen molar-refractivity contribution in [2.45, 2.75) is 32.0 Å². The lowest BCUT2D eigenvalue weighted by atomic mass is 10.2. The minimum absolute atomic E-state index is 0.0882. The van der Waals surface area contributed by atoms with Crippen LogP contribution in [0.3, 0.4) is 0 Å². The summed E-state index contributed by atoms with van der Waals surface area (Å²) in [5.41, 5.74) is 0.958. The Morgan fingerprint density at radius 3 is 3.00 bits per heavy atom. The fourth-order valence-electron chi connectivity index (χ4n) is 2.19. The van der Waals surface area contributed by atoms with E-state index in [1.54, 1.807) is 12.3 Å². The van der Waals surface area contributed by atoms with Crippen molar-refractivity contribution in [1.29, 1.82) is 0 Å². The highest BCUT2D eigenvalue weighted by atomic mass is 79.9. The van der Waals surface area contributed by atoms with Gasteiger partial charge in [-0.15, -0.1) is 0 Å². The van der Waals surface area contributed by atoms with Crippen molar-refractivity contribution in [3.05, 3.63) is 56.6 Å². The number of hydrogen-bond donors (Lipinski definition) is 1. The van der Waals surface area contributed by atoms with E-state index >= 15 is 0 Å². The van der Waals surface area contributed by atoms with Crippen molar-refractivity contribution >= 4 is 21.6 Å². The number of benzene rings is 1. The number of aromatic nitrogens is 2. The van der Waals surface area contributed by atoms with E-state index in [-0.39, 0.29) is 10.6 Å². The Morgan fingerprint density at radius 1 is 1.48 bits per heavy atom. The van der Waals surface area contributed by atoms with Crippen LogP contribution in [0.25, 0.3) is 0 Å². The number of nitro groups is 1. The lowest BCUT2D eigenvalue weighted by molar-refractivity contribution is -0.385. The number of imidazole rings is 1. The van der Waals surface area contributed by atoms with E-state index in [0.717, 1.165) is 17.9 Å². The molecule has 21 heavy (non-hydrogen) atoms. The summed E-state index contributed by atoms with van der Waals surface area (Å²) >= 11 is 3.33. The number of nitro benzene ring substituents is 1. The number of rotatable bonds is 6. The molecule has 0 aliphatic heterocycles. The Hall–Kier alpha value is -1.73. The average molecular weight is 351 g/mol. The van der Waals surface area contributed by atoms with E-state index in [9.17, 15) is 10.1 Å². The second-order valence-electron chi connectivity index (χ2n) is 5.13. The monoisotopic (exact) mass is 350 g/mol. The molecule has 110 valence electrons. The van der Waals surface area contributed by atoms with Gasteiger partial charge in [0.1, 0.15) is 10.3 Å². The van der Waals surface area contributed by atoms with Crippen LogP contribution in [0.2, 0.25) is 0 Å². The summed E-state index contributed by atoms with van der Waals surface area (Å²) in [4.78, 5) is 14.9. The molecule has 1 N–H and O–H groups in total. The maximum Gasteiger partial charge on any atom is 0.283 e. The molecule has 3 rings (SSSR count). The SMILES string of the molecule is O=[N+]([O-])c1cccc(Cn2ccnc2CNC2CC2)c1Br. The summed E-state index contributed by atoms with van der Waals surface area (Å²) in [5, 5.41) is 14.4. The number of nitrogens with zero attached hydrogens (tertiary/aromatic N) is 3. The van der Waals surface area contributed by atoms with Gasteiger partial charge in [-0.2, -0.15) is 0 Å². The number of halogens is 1. The number of hydrogen-bond acceptors (Lipinski definition) is 4. The molecular formula is C14H15BrN4O2. The normalized spacial score (nSPS) is 14.3. The molecule has 1 aromatic heterocycles. The molecule has 0 saturated heterocycles. The van der Waals surface area contributed by atoms with E-state index in [1.165, 1.54) is 18.9 Å². The van der Waals surface area contributed by atoms with Crippen LogP contribution in [0.1, 0.15) is 24.2 Å². The summed E-state index contributed by atoms with van der Waals surface area (Å²) in [7, 11) is 0. The van der Waals surface area contributed by atoms with Gasteiger partial charge in [-0.25, -0.2) is 4.98 Å². The van der Waals surface area contributed by atoms with Crippen molar-refractivity contribution in [2.75, 3.05) is 0 Å². The van der Waals surface area contributed by atoms with Crippen molar-refractivity contribution in [2.24, 2.45) is 0 Å². The molecular weight excluding hydrogens is 336 g/mol. The average Bonchev–Trinajstić information content (AvgIpc) is 3.18. The zero-order chi connectivity index (χ0) is 14.8. The van der Waals surface area contributed by atoms with Gasteiger partial charge in [0.05, 0.1) is 18.0 Å². The molecule has 6 nitrogen and oxygen atoms in total. The summed E-state index contributed by atoms with van der Waals surface area (Å²) in [6.07, 6.45) is 6.12. The van der Waals surface area contributed by atoms with Gasteiger partial charge in [0.2, 0.25) is 0 Å². The molecule has 0 atom stereocenters. The third-order valence-corrected chi connectivity index (χ3v) is 4.44. The van der Waals surface area contributed by atoms with Crippen molar-refractivity contribution < 1.29 is 4.92 Å². The fraction of sp³-hybridized carbons (Fsp3) is 0.357. The van der Waals surface area contributed by atoms with E-state index in [4.69, 9.17) is 0 Å². The first-order valence-corrected chi connectivity index (χ1v) is 7.59. The highest BCUT2D eigenvalue weighted by molar-refractivity contribution is 9.10. The molecule has 1 saturated carbocycles. The lowest BCUT2D eigenvalue weighted by Crippen LogP contribution is -2.19. The topological polar surface area (TPSA) is 73.0 Å². The molecule has 0 spiro atoms. The minimum atomic E-state index is -0.378. The third-order valence-electron chi connectivity index (χ3n) is 3.52. The Balaban J connectivity index is 1.78. The van der Waals surface area contributed by atoms with Crippen LogP contribution in [0.15, 0.2) is 35.1 Å². The van der Waals surface area contributed by atoms with Gasteiger partial charge in [-0.05, 0) is 34.3 Å². The molecule has 1 aromatic carbocycles. The Morgan fingerprint density at radius 2 is 2.29 bits per heavy atom. The minimum Gasteiger partial charge on any atom is -0.329 e. The van der Waals surface area contributed by atoms with Gasteiger partial charge >= 0.3 is 0 Å². The van der Waals surface area contributed by atoms with Crippen LogP contribution >= 0.6 is 15.9 Å². The standard InChI is InChI=1S/C14H15BrN4O2/c15-14-10(2-1-3-12(14)19(20)21)9-18-7-6-16-13(18)8-17-11-4-5-11/h1-3,6-7,11,17H,4-5,8-9H2. The van der Waals surface area contributed by atoms with E-state index in [0.29, 0.717) is 17.1 Å². The van der Waals surface area contributed by atoms with Gasteiger partial charge in [0.15, 0.2) is 0 Å². The van der Waals surface area contributed by atoms with Gasteiger partial charge in [-0.3, -0.25) is 10.1 Å². The van der Waals surface area contributed by atoms with E-state index < -0.39 is 0 Å². The van der Waals surface area contributed by atoms with Crippen molar-refractivity contribution in [1.82, 2.24) is 14.9 Å². The first-order valence-electron chi connectivity index (χ1n) is 6.80. The first kappa shape index (κ1) is 14.2. The number of nitrogens with one attached hydrogen (secondary N) is 1. The molecule has 0 radical (unpaired) electrons. The molecule has 1 fully saturated rings. The molecule has 7 heteroatoms. The van der Waals surface area contributed by atoms with Gasteiger partial charge in [0, 0.05) is 24.5 Å². The van der Waals surface area contributed by atoms with E-state index in [2.05, 4.69) is 26.2 Å². The van der Waals surface area contributed by atoms with Crippen molar-refractivity contribution in [3.63, 3.8) is 0 Å². The highest BCUT2D eigenvalue weighted by Gasteiger charge is 2.21. The Bertz CT molecular complexity index is 667. The predicted octanol–water partition coefficient (Wildman–Crippen LogP) is 2.85. The quantitative estimate of drug-likeness (QED) is 0.642. The Kier molecular flexibility index (Phi) is 4.03. The maximum atomic E-state index is 11.0. The molecule has 0 bridgehead atoms. The molecule has 1 heterocycles. The maximum absolute atomic E-state index is 11.0. The molecule has 0 unspecified atom stereocenters. The van der Waals surface area contributed by atoms with Crippen LogP contribution in [0.5, 0.6) is 0 Å². The molecule has 2 aromatic rings. The van der Waals surface area contributed by atoms with Crippen LogP contribution in [0.4, 0.5) is 5.69 Å².